The van der Waals surface area contributed by atoms with Gasteiger partial charge in [-0.2, -0.15) is 0 Å². The maximum Gasteiger partial charge on any atom is 0.229 e. The van der Waals surface area contributed by atoms with Crippen molar-refractivity contribution in [3.05, 3.63) is 0 Å². The Balaban J connectivity index is 2.48. The first-order valence-corrected chi connectivity index (χ1v) is 5.56. The molecule has 1 amide bonds. The molecule has 1 saturated heterocycles. The van der Waals surface area contributed by atoms with Gasteiger partial charge in [-0.15, -0.1) is 0 Å². The number of carbonyl (C=O) groups is 1. The van der Waals surface area contributed by atoms with E-state index < -0.39 is 11.0 Å². The summed E-state index contributed by atoms with van der Waals surface area (Å²) in [6, 6.07) is 0. The molecule has 4 heteroatoms. The van der Waals surface area contributed by atoms with E-state index in [4.69, 9.17) is 5.73 Å². The van der Waals surface area contributed by atoms with Crippen molar-refractivity contribution >= 4 is 5.91 Å². The highest BCUT2D eigenvalue weighted by molar-refractivity contribution is 5.83. The maximum atomic E-state index is 11.9. The molecule has 88 valence electrons. The third-order valence-electron chi connectivity index (χ3n) is 3.06. The van der Waals surface area contributed by atoms with E-state index in [1.165, 1.54) is 0 Å². The SMILES string of the molecule is CCCC1(O)CN(C(=O)C(C)(C)CN)C1. The Kier molecular flexibility index (Phi) is 3.41. The highest BCUT2D eigenvalue weighted by Gasteiger charge is 2.45. The van der Waals surface area contributed by atoms with Gasteiger partial charge in [-0.05, 0) is 20.3 Å². The normalized spacial score (nSPS) is 19.9. The topological polar surface area (TPSA) is 66.6 Å². The van der Waals surface area contributed by atoms with E-state index in [1.807, 2.05) is 20.8 Å². The number of nitrogens with two attached hydrogens (primary N) is 1. The largest absolute Gasteiger partial charge is 0.386 e. The first-order valence-electron chi connectivity index (χ1n) is 5.56. The molecule has 0 unspecified atom stereocenters. The van der Waals surface area contributed by atoms with Gasteiger partial charge in [0, 0.05) is 6.54 Å². The predicted octanol–water partition coefficient (Wildman–Crippen LogP) is 0.345. The van der Waals surface area contributed by atoms with Gasteiger partial charge < -0.3 is 15.7 Å². The van der Waals surface area contributed by atoms with Crippen LogP contribution in [0.1, 0.15) is 33.6 Å². The Labute approximate surface area is 91.4 Å². The quantitative estimate of drug-likeness (QED) is 0.709. The standard InChI is InChI=1S/C11H22N2O2/c1-4-5-11(15)7-13(8-11)9(14)10(2,3)6-12/h15H,4-8,12H2,1-3H3. The van der Waals surface area contributed by atoms with Crippen molar-refractivity contribution in [3.8, 4) is 0 Å². The first-order chi connectivity index (χ1) is 6.84. The molecular weight excluding hydrogens is 192 g/mol. The minimum absolute atomic E-state index is 0.0470. The molecule has 3 N–H and O–H groups in total. The Morgan fingerprint density at radius 2 is 2.07 bits per heavy atom. The molecule has 0 bridgehead atoms. The average Bonchev–Trinajstić information content (AvgIpc) is 2.13. The van der Waals surface area contributed by atoms with Gasteiger partial charge in [-0.25, -0.2) is 0 Å². The summed E-state index contributed by atoms with van der Waals surface area (Å²) in [5.41, 5.74) is 4.39. The molecule has 1 aliphatic heterocycles. The van der Waals surface area contributed by atoms with Gasteiger partial charge >= 0.3 is 0 Å². The fourth-order valence-corrected chi connectivity index (χ4v) is 1.95. The van der Waals surface area contributed by atoms with Gasteiger partial charge in [0.1, 0.15) is 0 Å². The highest BCUT2D eigenvalue weighted by Crippen LogP contribution is 2.29. The molecule has 4 nitrogen and oxygen atoms in total. The molecule has 0 atom stereocenters. The summed E-state index contributed by atoms with van der Waals surface area (Å²) in [6.07, 6.45) is 1.71. The Bertz CT molecular complexity index is 245. The number of nitrogens with zero attached hydrogens (tertiary/aromatic N) is 1. The summed E-state index contributed by atoms with van der Waals surface area (Å²) in [5, 5.41) is 9.94. The van der Waals surface area contributed by atoms with Crippen LogP contribution < -0.4 is 5.73 Å². The van der Waals surface area contributed by atoms with E-state index >= 15 is 0 Å². The van der Waals surface area contributed by atoms with Gasteiger partial charge in [0.05, 0.1) is 24.1 Å². The Morgan fingerprint density at radius 3 is 2.47 bits per heavy atom. The molecule has 0 aromatic heterocycles. The van der Waals surface area contributed by atoms with E-state index in [9.17, 15) is 9.90 Å². The van der Waals surface area contributed by atoms with Crippen LogP contribution in [-0.2, 0) is 4.79 Å². The van der Waals surface area contributed by atoms with Gasteiger partial charge in [0.15, 0.2) is 0 Å². The van der Waals surface area contributed by atoms with Crippen LogP contribution in [0.5, 0.6) is 0 Å². The molecule has 0 aromatic carbocycles. The lowest BCUT2D eigenvalue weighted by atomic mass is 9.84. The molecule has 0 aromatic rings. The fourth-order valence-electron chi connectivity index (χ4n) is 1.95. The van der Waals surface area contributed by atoms with Gasteiger partial charge in [0.2, 0.25) is 5.91 Å². The molecule has 15 heavy (non-hydrogen) atoms. The van der Waals surface area contributed by atoms with Crippen LogP contribution in [0.4, 0.5) is 0 Å². The number of rotatable bonds is 4. The molecule has 0 radical (unpaired) electrons. The van der Waals surface area contributed by atoms with E-state index in [-0.39, 0.29) is 5.91 Å². The second-order valence-corrected chi connectivity index (χ2v) is 5.22. The fraction of sp³-hybridized carbons (Fsp3) is 0.909. The van der Waals surface area contributed by atoms with Crippen molar-refractivity contribution in [1.82, 2.24) is 4.90 Å². The summed E-state index contributed by atoms with van der Waals surface area (Å²) in [4.78, 5) is 13.6. The predicted molar refractivity (Wildman–Crippen MR) is 59.3 cm³/mol. The second-order valence-electron chi connectivity index (χ2n) is 5.22. The number of hydrogen-bond acceptors (Lipinski definition) is 3. The Morgan fingerprint density at radius 1 is 1.53 bits per heavy atom. The van der Waals surface area contributed by atoms with Crippen molar-refractivity contribution in [1.29, 1.82) is 0 Å². The van der Waals surface area contributed by atoms with E-state index in [0.717, 1.165) is 12.8 Å². The van der Waals surface area contributed by atoms with Crippen molar-refractivity contribution < 1.29 is 9.90 Å². The van der Waals surface area contributed by atoms with Crippen LogP contribution in [0.25, 0.3) is 0 Å². The van der Waals surface area contributed by atoms with Crippen LogP contribution in [-0.4, -0.2) is 41.1 Å². The van der Waals surface area contributed by atoms with Crippen molar-refractivity contribution in [2.75, 3.05) is 19.6 Å². The van der Waals surface area contributed by atoms with Crippen LogP contribution in [0, 0.1) is 5.41 Å². The lowest BCUT2D eigenvalue weighted by molar-refractivity contribution is -0.164. The van der Waals surface area contributed by atoms with Gasteiger partial charge in [0.25, 0.3) is 0 Å². The Hall–Kier alpha value is -0.610. The zero-order chi connectivity index (χ0) is 11.7. The molecular formula is C11H22N2O2. The number of amides is 1. The zero-order valence-corrected chi connectivity index (χ0v) is 9.92. The number of aliphatic hydroxyl groups is 1. The molecule has 1 aliphatic rings. The second kappa shape index (κ2) is 4.10. The molecule has 0 spiro atoms. The monoisotopic (exact) mass is 214 g/mol. The number of likely N-dealkylation sites (tertiary alicyclic amines) is 1. The number of hydrogen-bond donors (Lipinski definition) is 2. The zero-order valence-electron chi connectivity index (χ0n) is 9.92. The first kappa shape index (κ1) is 12.5. The molecule has 1 fully saturated rings. The van der Waals surface area contributed by atoms with Crippen molar-refractivity contribution in [3.63, 3.8) is 0 Å². The van der Waals surface area contributed by atoms with Crippen molar-refractivity contribution in [2.24, 2.45) is 11.1 Å². The summed E-state index contributed by atoms with van der Waals surface area (Å²) in [7, 11) is 0. The van der Waals surface area contributed by atoms with Crippen molar-refractivity contribution in [2.45, 2.75) is 39.2 Å². The molecule has 0 aliphatic carbocycles. The lowest BCUT2D eigenvalue weighted by Crippen LogP contribution is -2.65. The molecule has 1 rings (SSSR count). The lowest BCUT2D eigenvalue weighted by Gasteiger charge is -2.48. The smallest absolute Gasteiger partial charge is 0.229 e. The number of carbonyl (C=O) groups excluding carboxylic acids is 1. The van der Waals surface area contributed by atoms with Crippen LogP contribution in [0.3, 0.4) is 0 Å². The molecule has 1 heterocycles. The summed E-state index contributed by atoms with van der Waals surface area (Å²) in [5.74, 6) is 0.0470. The summed E-state index contributed by atoms with van der Waals surface area (Å²) < 4.78 is 0. The molecule has 0 saturated carbocycles. The van der Waals surface area contributed by atoms with E-state index in [0.29, 0.717) is 19.6 Å². The minimum Gasteiger partial charge on any atom is -0.386 e. The van der Waals surface area contributed by atoms with E-state index in [1.54, 1.807) is 4.90 Å². The van der Waals surface area contributed by atoms with Crippen LogP contribution >= 0.6 is 0 Å². The summed E-state index contributed by atoms with van der Waals surface area (Å²) in [6.45, 7) is 6.98. The van der Waals surface area contributed by atoms with Crippen LogP contribution in [0.2, 0.25) is 0 Å². The summed E-state index contributed by atoms with van der Waals surface area (Å²) >= 11 is 0. The average molecular weight is 214 g/mol. The van der Waals surface area contributed by atoms with Gasteiger partial charge in [-0.1, -0.05) is 13.3 Å². The third kappa shape index (κ3) is 2.49. The maximum absolute atomic E-state index is 11.9. The van der Waals surface area contributed by atoms with E-state index in [2.05, 4.69) is 0 Å². The number of β-amino-alcohol motifs (C(OH)–C–C–N with tert-alkyl or cyclic N) is 1. The highest BCUT2D eigenvalue weighted by atomic mass is 16.3. The van der Waals surface area contributed by atoms with Crippen LogP contribution in [0.15, 0.2) is 0 Å². The van der Waals surface area contributed by atoms with Gasteiger partial charge in [-0.3, -0.25) is 4.79 Å². The minimum atomic E-state index is -0.644. The third-order valence-corrected chi connectivity index (χ3v) is 3.06.